The van der Waals surface area contributed by atoms with E-state index >= 15 is 0 Å². The van der Waals surface area contributed by atoms with Gasteiger partial charge in [0.15, 0.2) is 0 Å². The van der Waals surface area contributed by atoms with Crippen LogP contribution in [0.25, 0.3) is 0 Å². The summed E-state index contributed by atoms with van der Waals surface area (Å²) in [6, 6.07) is 1.95. The first-order valence-corrected chi connectivity index (χ1v) is 2.19. The molecule has 8 heavy (non-hydrogen) atoms. The molecule has 0 amide bonds. The van der Waals surface area contributed by atoms with Crippen LogP contribution in [-0.2, 0) is 0 Å². The highest BCUT2D eigenvalue weighted by Gasteiger charge is 2.03. The van der Waals surface area contributed by atoms with Gasteiger partial charge in [0, 0.05) is 0 Å². The third-order valence-electron chi connectivity index (χ3n) is 0.905. The molecule has 1 aliphatic rings. The molecule has 1 heterocycles. The minimum absolute atomic E-state index is 0.560. The predicted molar refractivity (Wildman–Crippen MR) is 28.9 cm³/mol. The SMILES string of the molecule is CC1=C(C#N)C=N[N]1. The lowest BCUT2D eigenvalue weighted by Gasteiger charge is -1.82. The van der Waals surface area contributed by atoms with Crippen LogP contribution in [0.1, 0.15) is 6.92 Å². The van der Waals surface area contributed by atoms with Crippen LogP contribution >= 0.6 is 0 Å². The molecule has 1 rings (SSSR count). The van der Waals surface area contributed by atoms with Gasteiger partial charge >= 0.3 is 0 Å². The first-order chi connectivity index (χ1) is 3.84. The molecule has 0 aromatic heterocycles. The van der Waals surface area contributed by atoms with E-state index in [-0.39, 0.29) is 0 Å². The van der Waals surface area contributed by atoms with E-state index in [0.29, 0.717) is 11.3 Å². The second-order valence-electron chi connectivity index (χ2n) is 1.46. The van der Waals surface area contributed by atoms with E-state index < -0.39 is 0 Å². The monoisotopic (exact) mass is 106 g/mol. The highest BCUT2D eigenvalue weighted by Crippen LogP contribution is 2.02. The topological polar surface area (TPSA) is 50.2 Å². The second-order valence-corrected chi connectivity index (χ2v) is 1.46. The van der Waals surface area contributed by atoms with Crippen LogP contribution < -0.4 is 5.43 Å². The zero-order valence-electron chi connectivity index (χ0n) is 4.42. The Balaban J connectivity index is 2.91. The van der Waals surface area contributed by atoms with Gasteiger partial charge in [-0.3, -0.25) is 0 Å². The zero-order valence-corrected chi connectivity index (χ0v) is 4.42. The molecule has 1 aliphatic heterocycles. The molecule has 0 aromatic rings. The van der Waals surface area contributed by atoms with Gasteiger partial charge < -0.3 is 0 Å². The van der Waals surface area contributed by atoms with Crippen molar-refractivity contribution in [2.24, 2.45) is 5.10 Å². The van der Waals surface area contributed by atoms with E-state index in [1.54, 1.807) is 6.92 Å². The van der Waals surface area contributed by atoms with Crippen LogP contribution in [0.5, 0.6) is 0 Å². The molecule has 0 unspecified atom stereocenters. The minimum Gasteiger partial charge on any atom is -0.192 e. The molecule has 0 aliphatic carbocycles. The first kappa shape index (κ1) is 4.85. The molecule has 0 atom stereocenters. The largest absolute Gasteiger partial charge is 0.192 e. The van der Waals surface area contributed by atoms with Crippen molar-refractivity contribution in [2.45, 2.75) is 6.92 Å². The van der Waals surface area contributed by atoms with Crippen molar-refractivity contribution in [1.29, 1.82) is 5.26 Å². The van der Waals surface area contributed by atoms with Crippen LogP contribution in [-0.4, -0.2) is 6.21 Å². The summed E-state index contributed by atoms with van der Waals surface area (Å²) in [7, 11) is 0. The molecule has 39 valence electrons. The molecule has 1 radical (unpaired) electrons. The predicted octanol–water partition coefficient (Wildman–Crippen LogP) is 0.388. The number of hydrogen-bond acceptors (Lipinski definition) is 2. The Labute approximate surface area is 47.3 Å². The highest BCUT2D eigenvalue weighted by molar-refractivity contribution is 5.86. The van der Waals surface area contributed by atoms with E-state index in [1.165, 1.54) is 6.21 Å². The molecule has 0 N–H and O–H groups in total. The van der Waals surface area contributed by atoms with Crippen molar-refractivity contribution >= 4 is 6.21 Å². The third kappa shape index (κ3) is 0.562. The van der Waals surface area contributed by atoms with Crippen molar-refractivity contribution in [1.82, 2.24) is 5.43 Å². The molecule has 0 saturated heterocycles. The molecule has 3 nitrogen and oxygen atoms in total. The second kappa shape index (κ2) is 1.66. The van der Waals surface area contributed by atoms with Crippen LogP contribution in [0.2, 0.25) is 0 Å². The maximum Gasteiger partial charge on any atom is 0.103 e. The van der Waals surface area contributed by atoms with E-state index in [4.69, 9.17) is 5.26 Å². The maximum absolute atomic E-state index is 8.28. The smallest absolute Gasteiger partial charge is 0.103 e. The van der Waals surface area contributed by atoms with Crippen molar-refractivity contribution in [2.75, 3.05) is 0 Å². The molecule has 0 aromatic carbocycles. The fourth-order valence-corrected chi connectivity index (χ4v) is 0.430. The van der Waals surface area contributed by atoms with Gasteiger partial charge in [0.25, 0.3) is 0 Å². The number of allylic oxidation sites excluding steroid dienone is 2. The lowest BCUT2D eigenvalue weighted by atomic mass is 10.3. The Bertz CT molecular complexity index is 194. The van der Waals surface area contributed by atoms with Crippen molar-refractivity contribution in [3.05, 3.63) is 11.3 Å². The molecule has 0 saturated carbocycles. The van der Waals surface area contributed by atoms with E-state index in [0.717, 1.165) is 0 Å². The first-order valence-electron chi connectivity index (χ1n) is 2.19. The van der Waals surface area contributed by atoms with E-state index in [1.807, 2.05) is 6.07 Å². The molecule has 0 bridgehead atoms. The van der Waals surface area contributed by atoms with Gasteiger partial charge in [-0.1, -0.05) is 0 Å². The van der Waals surface area contributed by atoms with Gasteiger partial charge in [0.2, 0.25) is 0 Å². The van der Waals surface area contributed by atoms with Crippen LogP contribution in [0.3, 0.4) is 0 Å². The van der Waals surface area contributed by atoms with Gasteiger partial charge in [-0.2, -0.15) is 15.8 Å². The standard InChI is InChI=1S/C5H4N3/c1-4-5(2-6)3-7-8-4/h3H,1H3. The molecular weight excluding hydrogens is 102 g/mol. The van der Waals surface area contributed by atoms with E-state index in [9.17, 15) is 0 Å². The summed E-state index contributed by atoms with van der Waals surface area (Å²) >= 11 is 0. The van der Waals surface area contributed by atoms with Crippen molar-refractivity contribution in [3.63, 3.8) is 0 Å². The lowest BCUT2D eigenvalue weighted by molar-refractivity contribution is 0.895. The Morgan fingerprint density at radius 1 is 1.75 bits per heavy atom. The van der Waals surface area contributed by atoms with E-state index in [2.05, 4.69) is 10.5 Å². The quantitative estimate of drug-likeness (QED) is 0.440. The average Bonchev–Trinajstić information content (AvgIpc) is 2.14. The fraction of sp³-hybridized carbons (Fsp3) is 0.200. The summed E-state index contributed by atoms with van der Waals surface area (Å²) in [5.41, 5.74) is 4.88. The van der Waals surface area contributed by atoms with Crippen molar-refractivity contribution in [3.8, 4) is 6.07 Å². The van der Waals surface area contributed by atoms with Crippen molar-refractivity contribution < 1.29 is 0 Å². The average molecular weight is 106 g/mol. The summed E-state index contributed by atoms with van der Waals surface area (Å²) in [6.45, 7) is 1.76. The van der Waals surface area contributed by atoms with Gasteiger partial charge in [0.1, 0.15) is 6.07 Å². The summed E-state index contributed by atoms with van der Waals surface area (Å²) in [5.74, 6) is 0. The Hall–Kier alpha value is -1.30. The summed E-state index contributed by atoms with van der Waals surface area (Å²) in [5, 5.41) is 11.8. The Morgan fingerprint density at radius 3 is 2.75 bits per heavy atom. The normalized spacial score (nSPS) is 16.0. The van der Waals surface area contributed by atoms with Gasteiger partial charge in [-0.15, -0.1) is 0 Å². The minimum atomic E-state index is 0.560. The van der Waals surface area contributed by atoms with Gasteiger partial charge in [0.05, 0.1) is 17.5 Å². The molecular formula is C5H4N3. The van der Waals surface area contributed by atoms with Crippen LogP contribution in [0, 0.1) is 11.3 Å². The van der Waals surface area contributed by atoms with Gasteiger partial charge in [-0.05, 0) is 6.92 Å². The molecule has 0 fully saturated rings. The number of rotatable bonds is 0. The molecule has 3 heteroatoms. The lowest BCUT2D eigenvalue weighted by Crippen LogP contribution is -1.85. The summed E-state index contributed by atoms with van der Waals surface area (Å²) < 4.78 is 0. The zero-order chi connectivity index (χ0) is 5.98. The Morgan fingerprint density at radius 2 is 2.50 bits per heavy atom. The number of nitrogens with zero attached hydrogens (tertiary/aromatic N) is 3. The summed E-state index contributed by atoms with van der Waals surface area (Å²) in [6.07, 6.45) is 1.45. The number of nitriles is 1. The third-order valence-corrected chi connectivity index (χ3v) is 0.905. The molecule has 0 spiro atoms. The van der Waals surface area contributed by atoms with Crippen LogP contribution in [0.4, 0.5) is 0 Å². The van der Waals surface area contributed by atoms with Gasteiger partial charge in [-0.25, -0.2) is 0 Å². The fourth-order valence-electron chi connectivity index (χ4n) is 0.430. The van der Waals surface area contributed by atoms with Crippen LogP contribution in [0.15, 0.2) is 16.4 Å². The number of hydrogen-bond donors (Lipinski definition) is 0. The Kier molecular flexibility index (Phi) is 1.01. The highest BCUT2D eigenvalue weighted by atomic mass is 15.3. The summed E-state index contributed by atoms with van der Waals surface area (Å²) in [4.78, 5) is 0. The maximum atomic E-state index is 8.28.